The summed E-state index contributed by atoms with van der Waals surface area (Å²) in [6, 6.07) is 11.9. The molecule has 3 aliphatic heterocycles. The van der Waals surface area contributed by atoms with Crippen LogP contribution in [0.2, 0.25) is 0 Å². The van der Waals surface area contributed by atoms with E-state index in [1.165, 1.54) is 30.9 Å². The molecule has 1 aromatic heterocycles. The Bertz CT molecular complexity index is 1330. The number of benzene rings is 2. The van der Waals surface area contributed by atoms with Gasteiger partial charge in [-0.05, 0) is 43.2 Å². The summed E-state index contributed by atoms with van der Waals surface area (Å²) in [6.45, 7) is 9.96. The van der Waals surface area contributed by atoms with Crippen molar-refractivity contribution in [1.29, 1.82) is 0 Å². The van der Waals surface area contributed by atoms with Crippen molar-refractivity contribution in [3.63, 3.8) is 0 Å². The van der Waals surface area contributed by atoms with Gasteiger partial charge in [-0.2, -0.15) is 4.98 Å². The number of anilines is 3. The molecule has 0 unspecified atom stereocenters. The first-order valence-corrected chi connectivity index (χ1v) is 13.4. The smallest absolute Gasteiger partial charge is 0.246 e. The lowest BCUT2D eigenvalue weighted by Gasteiger charge is -2.39. The van der Waals surface area contributed by atoms with Crippen LogP contribution < -0.4 is 14.7 Å². The fraction of sp³-hybridized carbons (Fsp3) is 0.414. The molecular formula is C29H34N6O2. The molecule has 2 saturated heterocycles. The maximum absolute atomic E-state index is 12.1. The fourth-order valence-electron chi connectivity index (χ4n) is 5.90. The van der Waals surface area contributed by atoms with Gasteiger partial charge < -0.3 is 24.7 Å². The van der Waals surface area contributed by atoms with Gasteiger partial charge in [0, 0.05) is 68.5 Å². The molecule has 2 fully saturated rings. The number of carbonyl (C=O) groups is 1. The Kier molecular flexibility index (Phi) is 6.32. The van der Waals surface area contributed by atoms with E-state index in [-0.39, 0.29) is 11.7 Å². The zero-order valence-electron chi connectivity index (χ0n) is 21.3. The number of nitrogens with zero attached hydrogens (tertiary/aromatic N) is 6. The molecule has 37 heavy (non-hydrogen) atoms. The number of piperidine rings is 1. The molecule has 8 nitrogen and oxygen atoms in total. The molecule has 192 valence electrons. The molecular weight excluding hydrogens is 464 g/mol. The monoisotopic (exact) mass is 498 g/mol. The Morgan fingerprint density at radius 2 is 1.68 bits per heavy atom. The van der Waals surface area contributed by atoms with Gasteiger partial charge in [0.1, 0.15) is 11.6 Å². The number of phenolic OH excluding ortho intramolecular Hbond substituents is 1. The lowest BCUT2D eigenvalue weighted by Crippen LogP contribution is -2.49. The molecule has 1 N–H and O–H groups in total. The summed E-state index contributed by atoms with van der Waals surface area (Å²) in [5, 5.41) is 12.6. The third kappa shape index (κ3) is 4.56. The van der Waals surface area contributed by atoms with E-state index in [1.807, 2.05) is 35.2 Å². The van der Waals surface area contributed by atoms with Gasteiger partial charge in [0.25, 0.3) is 0 Å². The minimum Gasteiger partial charge on any atom is -0.508 e. The minimum atomic E-state index is -0.00708. The molecule has 0 radical (unpaired) electrons. The number of aromatic hydroxyl groups is 1. The standard InChI is InChI=1S/C29H34N6O2/c1-2-27(37)32-14-16-33(17-15-32)28-24-10-13-35(26-19-22(36)18-21-8-4-5-9-23(21)26)20-25(24)30-29(31-28)34-11-6-3-7-12-34/h2,4-5,8-9,18-19,36H,1,3,6-7,10-17,20H2. The summed E-state index contributed by atoms with van der Waals surface area (Å²) in [5.74, 6) is 2.12. The van der Waals surface area contributed by atoms with Crippen LogP contribution in [0.1, 0.15) is 30.5 Å². The quantitative estimate of drug-likeness (QED) is 0.550. The van der Waals surface area contributed by atoms with Gasteiger partial charge in [0.15, 0.2) is 0 Å². The number of fused-ring (bicyclic) bond motifs is 2. The van der Waals surface area contributed by atoms with E-state index >= 15 is 0 Å². The van der Waals surface area contributed by atoms with Gasteiger partial charge in [-0.1, -0.05) is 30.8 Å². The molecule has 4 heterocycles. The van der Waals surface area contributed by atoms with Gasteiger partial charge in [-0.25, -0.2) is 4.98 Å². The van der Waals surface area contributed by atoms with E-state index in [4.69, 9.17) is 9.97 Å². The minimum absolute atomic E-state index is 0.00708. The summed E-state index contributed by atoms with van der Waals surface area (Å²) >= 11 is 0. The van der Waals surface area contributed by atoms with Crippen LogP contribution in [0.25, 0.3) is 10.8 Å². The molecule has 0 spiro atoms. The van der Waals surface area contributed by atoms with Crippen molar-refractivity contribution >= 4 is 34.1 Å². The molecule has 0 aliphatic carbocycles. The van der Waals surface area contributed by atoms with Crippen molar-refractivity contribution in [3.05, 3.63) is 60.3 Å². The second kappa shape index (κ2) is 9.92. The van der Waals surface area contributed by atoms with Crippen molar-refractivity contribution in [2.75, 3.05) is 60.5 Å². The van der Waals surface area contributed by atoms with E-state index in [0.29, 0.717) is 19.6 Å². The van der Waals surface area contributed by atoms with Gasteiger partial charge in [-0.15, -0.1) is 0 Å². The summed E-state index contributed by atoms with van der Waals surface area (Å²) < 4.78 is 0. The highest BCUT2D eigenvalue weighted by atomic mass is 16.3. The molecule has 0 bridgehead atoms. The second-order valence-corrected chi connectivity index (χ2v) is 10.2. The van der Waals surface area contributed by atoms with Crippen LogP contribution in [0.4, 0.5) is 17.5 Å². The van der Waals surface area contributed by atoms with Crippen LogP contribution in [0, 0.1) is 0 Å². The summed E-state index contributed by atoms with van der Waals surface area (Å²) in [7, 11) is 0. The average Bonchev–Trinajstić information content (AvgIpc) is 2.96. The topological polar surface area (TPSA) is 76.0 Å². The van der Waals surface area contributed by atoms with Gasteiger partial charge >= 0.3 is 0 Å². The van der Waals surface area contributed by atoms with Crippen LogP contribution in [-0.4, -0.2) is 71.7 Å². The summed E-state index contributed by atoms with van der Waals surface area (Å²) in [4.78, 5) is 31.3. The molecule has 8 heteroatoms. The SMILES string of the molecule is C=CC(=O)N1CCN(c2nc(N3CCCCC3)nc3c2CCN(c2cc(O)cc4ccccc24)C3)CC1. The van der Waals surface area contributed by atoms with Crippen LogP contribution in [-0.2, 0) is 17.8 Å². The van der Waals surface area contributed by atoms with E-state index < -0.39 is 0 Å². The Morgan fingerprint density at radius 3 is 2.46 bits per heavy atom. The number of hydrogen-bond donors (Lipinski definition) is 1. The highest BCUT2D eigenvalue weighted by molar-refractivity contribution is 5.95. The molecule has 0 atom stereocenters. The first kappa shape index (κ1) is 23.6. The first-order valence-electron chi connectivity index (χ1n) is 13.4. The van der Waals surface area contributed by atoms with Crippen LogP contribution in [0.3, 0.4) is 0 Å². The van der Waals surface area contributed by atoms with Crippen molar-refractivity contribution in [2.24, 2.45) is 0 Å². The highest BCUT2D eigenvalue weighted by Crippen LogP contribution is 2.36. The third-order valence-electron chi connectivity index (χ3n) is 7.90. The maximum atomic E-state index is 12.1. The Morgan fingerprint density at radius 1 is 0.892 bits per heavy atom. The third-order valence-corrected chi connectivity index (χ3v) is 7.90. The summed E-state index contributed by atoms with van der Waals surface area (Å²) in [5.41, 5.74) is 3.32. The number of rotatable bonds is 4. The highest BCUT2D eigenvalue weighted by Gasteiger charge is 2.30. The first-order chi connectivity index (χ1) is 18.1. The van der Waals surface area contributed by atoms with E-state index in [2.05, 4.69) is 27.3 Å². The Hall–Kier alpha value is -3.81. The largest absolute Gasteiger partial charge is 0.508 e. The maximum Gasteiger partial charge on any atom is 0.246 e. The second-order valence-electron chi connectivity index (χ2n) is 10.2. The number of carbonyl (C=O) groups excluding carboxylic acids is 1. The van der Waals surface area contributed by atoms with Gasteiger partial charge in [0.05, 0.1) is 12.2 Å². The predicted molar refractivity (Wildman–Crippen MR) is 147 cm³/mol. The molecule has 1 amide bonds. The van der Waals surface area contributed by atoms with Crippen LogP contribution in [0.5, 0.6) is 5.75 Å². The number of aromatic nitrogens is 2. The zero-order chi connectivity index (χ0) is 25.4. The van der Waals surface area contributed by atoms with Gasteiger partial charge in [-0.3, -0.25) is 4.79 Å². The van der Waals surface area contributed by atoms with E-state index in [1.54, 1.807) is 0 Å². The number of hydrogen-bond acceptors (Lipinski definition) is 7. The molecule has 6 rings (SSSR count). The molecule has 0 saturated carbocycles. The predicted octanol–water partition coefficient (Wildman–Crippen LogP) is 3.72. The number of phenols is 1. The van der Waals surface area contributed by atoms with E-state index in [0.717, 1.165) is 73.1 Å². The van der Waals surface area contributed by atoms with E-state index in [9.17, 15) is 9.90 Å². The van der Waals surface area contributed by atoms with Gasteiger partial charge in [0.2, 0.25) is 11.9 Å². The van der Waals surface area contributed by atoms with Crippen LogP contribution in [0.15, 0.2) is 49.1 Å². The fourth-order valence-corrected chi connectivity index (χ4v) is 5.90. The van der Waals surface area contributed by atoms with Crippen molar-refractivity contribution in [2.45, 2.75) is 32.2 Å². The number of amides is 1. The lowest BCUT2D eigenvalue weighted by molar-refractivity contribution is -0.126. The normalized spacial score (nSPS) is 18.2. The Labute approximate surface area is 217 Å². The molecule has 2 aromatic carbocycles. The van der Waals surface area contributed by atoms with Crippen molar-refractivity contribution in [3.8, 4) is 5.75 Å². The molecule has 3 aromatic rings. The average molecular weight is 499 g/mol. The summed E-state index contributed by atoms with van der Waals surface area (Å²) in [6.07, 6.45) is 5.82. The molecule has 3 aliphatic rings. The van der Waals surface area contributed by atoms with Crippen molar-refractivity contribution < 1.29 is 9.90 Å². The zero-order valence-corrected chi connectivity index (χ0v) is 21.3. The lowest BCUT2D eigenvalue weighted by atomic mass is 10.0. The Balaban J connectivity index is 1.35. The number of piperazine rings is 1. The van der Waals surface area contributed by atoms with Crippen molar-refractivity contribution in [1.82, 2.24) is 14.9 Å². The van der Waals surface area contributed by atoms with Crippen LogP contribution >= 0.6 is 0 Å².